The van der Waals surface area contributed by atoms with Crippen LogP contribution in [-0.4, -0.2) is 68.3 Å². The van der Waals surface area contributed by atoms with E-state index in [4.69, 9.17) is 4.74 Å². The molecule has 2 saturated heterocycles. The monoisotopic (exact) mass is 452 g/mol. The summed E-state index contributed by atoms with van der Waals surface area (Å²) in [7, 11) is 2.22. The summed E-state index contributed by atoms with van der Waals surface area (Å²) in [6.07, 6.45) is 4.65. The van der Waals surface area contributed by atoms with E-state index in [0.717, 1.165) is 25.4 Å². The van der Waals surface area contributed by atoms with Crippen molar-refractivity contribution in [1.29, 1.82) is 0 Å². The Morgan fingerprint density at radius 2 is 1.90 bits per heavy atom. The molecule has 0 radical (unpaired) electrons. The van der Waals surface area contributed by atoms with E-state index in [9.17, 15) is 4.79 Å². The third-order valence-electron chi connectivity index (χ3n) is 6.13. The molecule has 6 heteroatoms. The Bertz CT molecular complexity index is 669. The summed E-state index contributed by atoms with van der Waals surface area (Å²) in [5, 5.41) is 0. The van der Waals surface area contributed by atoms with Crippen molar-refractivity contribution in [2.24, 2.45) is 5.92 Å². The number of likely N-dealkylation sites (tertiary alicyclic amines) is 2. The molecule has 0 saturated carbocycles. The lowest BCUT2D eigenvalue weighted by atomic mass is 9.82. The summed E-state index contributed by atoms with van der Waals surface area (Å²) in [4.78, 5) is 17.8. The highest BCUT2D eigenvalue weighted by Crippen LogP contribution is 2.44. The summed E-state index contributed by atoms with van der Waals surface area (Å²) in [5.41, 5.74) is 1.27. The Kier molecular flexibility index (Phi) is 9.99. The number of aryl methyl sites for hydroxylation is 1. The topological polar surface area (TPSA) is 42.0 Å². The molecule has 2 fully saturated rings. The van der Waals surface area contributed by atoms with Gasteiger partial charge < -0.3 is 19.3 Å². The van der Waals surface area contributed by atoms with Gasteiger partial charge >= 0.3 is 0 Å². The minimum Gasteiger partial charge on any atom is -0.462 e. The van der Waals surface area contributed by atoms with Crippen LogP contribution in [0.25, 0.3) is 0 Å². The third kappa shape index (κ3) is 7.28. The molecule has 0 aliphatic carbocycles. The minimum atomic E-state index is -0.318. The SMILES string of the molecule is CC.CC(C)(C)OC=O.CCc1cc2c(s1)CCOC21CCN(CC2CN(C)C2)CC1. The molecular formula is C25H44N2O3S. The Balaban J connectivity index is 0.000000327. The fourth-order valence-corrected chi connectivity index (χ4v) is 5.79. The highest BCUT2D eigenvalue weighted by atomic mass is 32.1. The standard InChI is InChI=1S/C18H28N2OS.C5H10O2.C2H6/c1-3-15-10-16-17(22-15)4-9-21-18(16)5-7-20(8-6-18)13-14-11-19(2)12-14;1-5(2,3)7-4-6;1-2/h10,14H,3-9,11-13H2,1-2H3;4H,1-3H3;1-2H3. The second-order valence-electron chi connectivity index (χ2n) is 9.71. The minimum absolute atomic E-state index is 0.0460. The lowest BCUT2D eigenvalue weighted by Crippen LogP contribution is -2.52. The summed E-state index contributed by atoms with van der Waals surface area (Å²) in [6, 6.07) is 2.45. The van der Waals surface area contributed by atoms with Gasteiger partial charge in [-0.25, -0.2) is 0 Å². The average Bonchev–Trinajstić information content (AvgIpc) is 3.15. The van der Waals surface area contributed by atoms with E-state index in [1.807, 2.05) is 46.0 Å². The number of piperidine rings is 1. The molecular weight excluding hydrogens is 408 g/mol. The van der Waals surface area contributed by atoms with Gasteiger partial charge in [-0.05, 0) is 64.6 Å². The van der Waals surface area contributed by atoms with Crippen LogP contribution in [0.4, 0.5) is 0 Å². The van der Waals surface area contributed by atoms with Crippen LogP contribution in [0.15, 0.2) is 6.07 Å². The van der Waals surface area contributed by atoms with Crippen LogP contribution in [0.2, 0.25) is 0 Å². The van der Waals surface area contributed by atoms with E-state index in [0.29, 0.717) is 6.47 Å². The summed E-state index contributed by atoms with van der Waals surface area (Å²) < 4.78 is 10.9. The molecule has 1 aromatic rings. The maximum Gasteiger partial charge on any atom is 0.293 e. The molecule has 0 bridgehead atoms. The average molecular weight is 453 g/mol. The molecule has 1 aromatic heterocycles. The molecule has 4 heterocycles. The molecule has 31 heavy (non-hydrogen) atoms. The van der Waals surface area contributed by atoms with Crippen LogP contribution >= 0.6 is 11.3 Å². The maximum absolute atomic E-state index is 9.60. The quantitative estimate of drug-likeness (QED) is 0.619. The number of nitrogens with zero attached hydrogens (tertiary/aromatic N) is 2. The first-order chi connectivity index (χ1) is 14.7. The van der Waals surface area contributed by atoms with Crippen molar-refractivity contribution in [3.63, 3.8) is 0 Å². The lowest BCUT2D eigenvalue weighted by molar-refractivity contribution is -0.138. The third-order valence-corrected chi connectivity index (χ3v) is 7.47. The molecule has 0 amide bonds. The zero-order valence-corrected chi connectivity index (χ0v) is 21.6. The van der Waals surface area contributed by atoms with Gasteiger partial charge in [0.25, 0.3) is 6.47 Å². The first-order valence-corrected chi connectivity index (χ1v) is 12.8. The van der Waals surface area contributed by atoms with Gasteiger partial charge in [0.2, 0.25) is 0 Å². The molecule has 3 aliphatic rings. The van der Waals surface area contributed by atoms with Crippen molar-refractivity contribution < 1.29 is 14.3 Å². The number of thiophene rings is 1. The highest BCUT2D eigenvalue weighted by molar-refractivity contribution is 7.12. The van der Waals surface area contributed by atoms with E-state index in [1.165, 1.54) is 50.4 Å². The van der Waals surface area contributed by atoms with Gasteiger partial charge in [0.15, 0.2) is 0 Å². The van der Waals surface area contributed by atoms with Gasteiger partial charge in [-0.3, -0.25) is 4.79 Å². The van der Waals surface area contributed by atoms with E-state index >= 15 is 0 Å². The molecule has 5 nitrogen and oxygen atoms in total. The van der Waals surface area contributed by atoms with Crippen molar-refractivity contribution in [3.8, 4) is 0 Å². The van der Waals surface area contributed by atoms with Crippen LogP contribution in [-0.2, 0) is 32.7 Å². The van der Waals surface area contributed by atoms with Crippen LogP contribution < -0.4 is 0 Å². The molecule has 1 spiro atoms. The predicted molar refractivity (Wildman–Crippen MR) is 130 cm³/mol. The number of hydrogen-bond donors (Lipinski definition) is 0. The second kappa shape index (κ2) is 11.8. The van der Waals surface area contributed by atoms with Gasteiger partial charge in [-0.1, -0.05) is 20.8 Å². The molecule has 178 valence electrons. The number of hydrogen-bond acceptors (Lipinski definition) is 6. The number of ether oxygens (including phenoxy) is 2. The Morgan fingerprint density at radius 1 is 1.26 bits per heavy atom. The summed E-state index contributed by atoms with van der Waals surface area (Å²) in [5.74, 6) is 0.898. The van der Waals surface area contributed by atoms with Gasteiger partial charge in [0.1, 0.15) is 5.60 Å². The zero-order valence-electron chi connectivity index (χ0n) is 20.8. The van der Waals surface area contributed by atoms with Gasteiger partial charge in [0, 0.05) is 48.9 Å². The smallest absolute Gasteiger partial charge is 0.293 e. The summed E-state index contributed by atoms with van der Waals surface area (Å²) in [6.45, 7) is 19.4. The molecule has 3 aliphatic heterocycles. The van der Waals surface area contributed by atoms with Crippen LogP contribution in [0, 0.1) is 5.92 Å². The van der Waals surface area contributed by atoms with Crippen LogP contribution in [0.3, 0.4) is 0 Å². The van der Waals surface area contributed by atoms with E-state index in [-0.39, 0.29) is 11.2 Å². The Labute approximate surface area is 194 Å². The fraction of sp³-hybridized carbons (Fsp3) is 0.800. The Morgan fingerprint density at radius 3 is 2.39 bits per heavy atom. The molecule has 0 atom stereocenters. The first-order valence-electron chi connectivity index (χ1n) is 12.0. The number of fused-ring (bicyclic) bond motifs is 2. The highest BCUT2D eigenvalue weighted by Gasteiger charge is 2.42. The van der Waals surface area contributed by atoms with Crippen molar-refractivity contribution in [2.45, 2.75) is 78.4 Å². The maximum atomic E-state index is 9.60. The Hall–Kier alpha value is -0.950. The van der Waals surface area contributed by atoms with Crippen molar-refractivity contribution in [1.82, 2.24) is 9.80 Å². The molecule has 0 N–H and O–H groups in total. The van der Waals surface area contributed by atoms with Crippen LogP contribution in [0.1, 0.15) is 69.7 Å². The molecule has 4 rings (SSSR count). The largest absolute Gasteiger partial charge is 0.462 e. The number of carbonyl (C=O) groups is 1. The fourth-order valence-electron chi connectivity index (χ4n) is 4.61. The predicted octanol–water partition coefficient (Wildman–Crippen LogP) is 4.72. The van der Waals surface area contributed by atoms with Gasteiger partial charge in [-0.15, -0.1) is 11.3 Å². The number of rotatable bonds is 4. The first kappa shape index (κ1) is 26.3. The lowest BCUT2D eigenvalue weighted by Gasteiger charge is -2.46. The van der Waals surface area contributed by atoms with E-state index in [1.54, 1.807) is 10.4 Å². The van der Waals surface area contributed by atoms with Gasteiger partial charge in [0.05, 0.1) is 12.2 Å². The second-order valence-corrected chi connectivity index (χ2v) is 10.9. The van der Waals surface area contributed by atoms with Crippen molar-refractivity contribution in [3.05, 3.63) is 21.4 Å². The summed E-state index contributed by atoms with van der Waals surface area (Å²) >= 11 is 2.03. The normalized spacial score (nSPS) is 21.1. The number of carbonyl (C=O) groups excluding carboxylic acids is 1. The van der Waals surface area contributed by atoms with Crippen LogP contribution in [0.5, 0.6) is 0 Å². The van der Waals surface area contributed by atoms with Crippen molar-refractivity contribution >= 4 is 17.8 Å². The van der Waals surface area contributed by atoms with Gasteiger partial charge in [-0.2, -0.15) is 0 Å². The zero-order chi connectivity index (χ0) is 23.1. The van der Waals surface area contributed by atoms with E-state index < -0.39 is 0 Å². The van der Waals surface area contributed by atoms with E-state index in [2.05, 4.69) is 34.6 Å². The molecule has 0 aromatic carbocycles. The molecule has 0 unspecified atom stereocenters. The van der Waals surface area contributed by atoms with Crippen molar-refractivity contribution in [2.75, 3.05) is 46.4 Å².